The standard InChI is InChI=1S/C20H24N4O3S/c1-15-21-16(14-28-15)11-22-7-4-8-23(10-9-22)19(25)12-24-17-5-2-3-6-18(17)27-13-20(24)26/h2-3,5-6,14H,4,7-13H2,1H3. The number of hydrogen-bond acceptors (Lipinski definition) is 6. The van der Waals surface area contributed by atoms with Crippen molar-refractivity contribution in [2.75, 3.05) is 44.2 Å². The van der Waals surface area contributed by atoms with E-state index >= 15 is 0 Å². The number of amides is 2. The number of aryl methyl sites for hydroxylation is 1. The number of carbonyl (C=O) groups excluding carboxylic acids is 2. The molecule has 28 heavy (non-hydrogen) atoms. The van der Waals surface area contributed by atoms with E-state index in [4.69, 9.17) is 4.74 Å². The number of aromatic nitrogens is 1. The Morgan fingerprint density at radius 1 is 1.21 bits per heavy atom. The second-order valence-corrected chi connectivity index (χ2v) is 8.17. The highest BCUT2D eigenvalue weighted by Crippen LogP contribution is 2.31. The summed E-state index contributed by atoms with van der Waals surface area (Å²) >= 11 is 1.67. The van der Waals surface area contributed by atoms with Gasteiger partial charge in [0.1, 0.15) is 12.3 Å². The maximum Gasteiger partial charge on any atom is 0.265 e. The number of ether oxygens (including phenoxy) is 1. The van der Waals surface area contributed by atoms with Crippen molar-refractivity contribution >= 4 is 28.8 Å². The van der Waals surface area contributed by atoms with E-state index in [1.807, 2.05) is 36.1 Å². The van der Waals surface area contributed by atoms with Crippen molar-refractivity contribution in [2.45, 2.75) is 19.9 Å². The lowest BCUT2D eigenvalue weighted by Gasteiger charge is -2.31. The Bertz CT molecular complexity index is 869. The summed E-state index contributed by atoms with van der Waals surface area (Å²) in [6, 6.07) is 7.35. The Labute approximate surface area is 168 Å². The third-order valence-electron chi connectivity index (χ3n) is 5.10. The lowest BCUT2D eigenvalue weighted by atomic mass is 10.2. The molecule has 8 heteroatoms. The number of anilines is 1. The van der Waals surface area contributed by atoms with Crippen LogP contribution in [0.3, 0.4) is 0 Å². The number of rotatable bonds is 4. The van der Waals surface area contributed by atoms with Crippen molar-refractivity contribution in [3.8, 4) is 5.75 Å². The van der Waals surface area contributed by atoms with Crippen LogP contribution in [0.25, 0.3) is 0 Å². The summed E-state index contributed by atoms with van der Waals surface area (Å²) in [5.41, 5.74) is 1.76. The molecule has 0 spiro atoms. The summed E-state index contributed by atoms with van der Waals surface area (Å²) in [6.07, 6.45) is 0.919. The van der Waals surface area contributed by atoms with Crippen molar-refractivity contribution < 1.29 is 14.3 Å². The first-order chi connectivity index (χ1) is 13.6. The third kappa shape index (κ3) is 4.18. The average molecular weight is 401 g/mol. The van der Waals surface area contributed by atoms with Gasteiger partial charge < -0.3 is 9.64 Å². The minimum absolute atomic E-state index is 0.0172. The highest BCUT2D eigenvalue weighted by atomic mass is 32.1. The van der Waals surface area contributed by atoms with Crippen molar-refractivity contribution in [1.29, 1.82) is 0 Å². The van der Waals surface area contributed by atoms with Crippen molar-refractivity contribution in [3.05, 3.63) is 40.3 Å². The Hall–Kier alpha value is -2.45. The molecule has 3 heterocycles. The molecular weight excluding hydrogens is 376 g/mol. The molecule has 0 unspecified atom stereocenters. The van der Waals surface area contributed by atoms with Gasteiger partial charge in [-0.05, 0) is 25.5 Å². The van der Waals surface area contributed by atoms with Gasteiger partial charge in [0, 0.05) is 38.1 Å². The maximum atomic E-state index is 12.9. The van der Waals surface area contributed by atoms with Crippen LogP contribution >= 0.6 is 11.3 Å². The van der Waals surface area contributed by atoms with Gasteiger partial charge in [0.05, 0.1) is 16.4 Å². The van der Waals surface area contributed by atoms with Crippen LogP contribution in [0.15, 0.2) is 29.6 Å². The zero-order chi connectivity index (χ0) is 19.5. The van der Waals surface area contributed by atoms with Gasteiger partial charge in [0.25, 0.3) is 5.91 Å². The fraction of sp³-hybridized carbons (Fsp3) is 0.450. The molecule has 0 N–H and O–H groups in total. The summed E-state index contributed by atoms with van der Waals surface area (Å²) in [5, 5.41) is 3.18. The zero-order valence-electron chi connectivity index (χ0n) is 16.0. The van der Waals surface area contributed by atoms with E-state index in [-0.39, 0.29) is 25.0 Å². The maximum absolute atomic E-state index is 12.9. The van der Waals surface area contributed by atoms with E-state index in [1.165, 1.54) is 0 Å². The molecular formula is C20H24N4O3S. The summed E-state index contributed by atoms with van der Waals surface area (Å²) in [7, 11) is 0. The number of nitrogens with zero attached hydrogens (tertiary/aromatic N) is 4. The molecule has 1 saturated heterocycles. The van der Waals surface area contributed by atoms with Crippen LogP contribution in [0.4, 0.5) is 5.69 Å². The fourth-order valence-corrected chi connectivity index (χ4v) is 4.25. The molecule has 0 aliphatic carbocycles. The lowest BCUT2D eigenvalue weighted by Crippen LogP contribution is -2.47. The molecule has 4 rings (SSSR count). The summed E-state index contributed by atoms with van der Waals surface area (Å²) in [6.45, 7) is 6.02. The fourth-order valence-electron chi connectivity index (χ4n) is 3.65. The summed E-state index contributed by atoms with van der Waals surface area (Å²) in [5.74, 6) is 0.453. The molecule has 148 valence electrons. The van der Waals surface area contributed by atoms with Crippen molar-refractivity contribution in [3.63, 3.8) is 0 Å². The van der Waals surface area contributed by atoms with E-state index < -0.39 is 0 Å². The minimum Gasteiger partial charge on any atom is -0.482 e. The van der Waals surface area contributed by atoms with Gasteiger partial charge in [-0.15, -0.1) is 11.3 Å². The largest absolute Gasteiger partial charge is 0.482 e. The number of benzene rings is 1. The molecule has 1 aromatic heterocycles. The van der Waals surface area contributed by atoms with Crippen molar-refractivity contribution in [1.82, 2.24) is 14.8 Å². The van der Waals surface area contributed by atoms with Crippen LogP contribution in [0, 0.1) is 6.92 Å². The van der Waals surface area contributed by atoms with Gasteiger partial charge in [-0.1, -0.05) is 12.1 Å². The van der Waals surface area contributed by atoms with E-state index in [1.54, 1.807) is 16.2 Å². The van der Waals surface area contributed by atoms with Crippen LogP contribution in [0.2, 0.25) is 0 Å². The molecule has 0 saturated carbocycles. The SMILES string of the molecule is Cc1nc(CN2CCCN(C(=O)CN3C(=O)COc4ccccc43)CC2)cs1. The normalized spacial score (nSPS) is 17.8. The molecule has 1 fully saturated rings. The topological polar surface area (TPSA) is 66.0 Å². The Kier molecular flexibility index (Phi) is 5.59. The monoisotopic (exact) mass is 400 g/mol. The number of carbonyl (C=O) groups is 2. The molecule has 2 amide bonds. The molecule has 2 aromatic rings. The number of para-hydroxylation sites is 2. The van der Waals surface area contributed by atoms with Gasteiger partial charge >= 0.3 is 0 Å². The van der Waals surface area contributed by atoms with Crippen LogP contribution in [0.1, 0.15) is 17.1 Å². The first-order valence-electron chi connectivity index (χ1n) is 9.53. The third-order valence-corrected chi connectivity index (χ3v) is 5.92. The first-order valence-corrected chi connectivity index (χ1v) is 10.4. The predicted molar refractivity (Wildman–Crippen MR) is 108 cm³/mol. The van der Waals surface area contributed by atoms with E-state index in [0.717, 1.165) is 36.8 Å². The lowest BCUT2D eigenvalue weighted by molar-refractivity contribution is -0.131. The van der Waals surface area contributed by atoms with E-state index in [9.17, 15) is 9.59 Å². The van der Waals surface area contributed by atoms with Crippen molar-refractivity contribution in [2.24, 2.45) is 0 Å². The summed E-state index contributed by atoms with van der Waals surface area (Å²) in [4.78, 5) is 35.5. The second kappa shape index (κ2) is 8.28. The number of fused-ring (bicyclic) bond motifs is 1. The smallest absolute Gasteiger partial charge is 0.265 e. The van der Waals surface area contributed by atoms with Gasteiger partial charge in [-0.2, -0.15) is 0 Å². The highest BCUT2D eigenvalue weighted by Gasteiger charge is 2.29. The quantitative estimate of drug-likeness (QED) is 0.784. The number of thiazole rings is 1. The molecule has 0 radical (unpaired) electrons. The molecule has 2 aliphatic heterocycles. The molecule has 0 atom stereocenters. The van der Waals surface area contributed by atoms with Gasteiger partial charge in [0.15, 0.2) is 6.61 Å². The van der Waals surface area contributed by atoms with Crippen LogP contribution in [-0.2, 0) is 16.1 Å². The zero-order valence-corrected chi connectivity index (χ0v) is 16.8. The average Bonchev–Trinajstić information content (AvgIpc) is 2.96. The minimum atomic E-state index is -0.178. The van der Waals surface area contributed by atoms with Gasteiger partial charge in [-0.3, -0.25) is 19.4 Å². The second-order valence-electron chi connectivity index (χ2n) is 7.10. The number of hydrogen-bond donors (Lipinski definition) is 0. The van der Waals surface area contributed by atoms with Gasteiger partial charge in [-0.25, -0.2) is 4.98 Å². The van der Waals surface area contributed by atoms with Gasteiger partial charge in [0.2, 0.25) is 5.91 Å². The van der Waals surface area contributed by atoms with Crippen LogP contribution < -0.4 is 9.64 Å². The van der Waals surface area contributed by atoms with E-state index in [0.29, 0.717) is 24.5 Å². The molecule has 0 bridgehead atoms. The molecule has 7 nitrogen and oxygen atoms in total. The van der Waals surface area contributed by atoms with E-state index in [2.05, 4.69) is 15.3 Å². The Morgan fingerprint density at radius 3 is 2.89 bits per heavy atom. The Balaban J connectivity index is 1.37. The molecule has 1 aromatic carbocycles. The highest BCUT2D eigenvalue weighted by molar-refractivity contribution is 7.09. The van der Waals surface area contributed by atoms with Crippen LogP contribution in [-0.4, -0.2) is 65.9 Å². The summed E-state index contributed by atoms with van der Waals surface area (Å²) < 4.78 is 5.46. The Morgan fingerprint density at radius 2 is 2.07 bits per heavy atom. The van der Waals surface area contributed by atoms with Crippen LogP contribution in [0.5, 0.6) is 5.75 Å². The first kappa shape index (κ1) is 18.9. The predicted octanol–water partition coefficient (Wildman–Crippen LogP) is 1.91. The molecule has 2 aliphatic rings.